The zero-order chi connectivity index (χ0) is 18.0. The number of hydrogen-bond donors (Lipinski definition) is 0. The summed E-state index contributed by atoms with van der Waals surface area (Å²) in [6.45, 7) is 7.54. The number of piperazine rings is 2. The monoisotopic (exact) mass is 344 g/mol. The molecule has 136 valence electrons. The molecular weight excluding hydrogens is 316 g/mol. The van der Waals surface area contributed by atoms with Gasteiger partial charge in [-0.2, -0.15) is 10.5 Å². The van der Waals surface area contributed by atoms with Crippen molar-refractivity contribution in [1.82, 2.24) is 19.6 Å². The summed E-state index contributed by atoms with van der Waals surface area (Å²) in [5.74, 6) is 0.694. The van der Waals surface area contributed by atoms with Crippen LogP contribution >= 0.6 is 0 Å². The van der Waals surface area contributed by atoms with Crippen LogP contribution in [0, 0.1) is 34.6 Å². The second kappa shape index (κ2) is 7.59. The van der Waals surface area contributed by atoms with Gasteiger partial charge in [-0.1, -0.05) is 6.92 Å². The Labute approximate surface area is 150 Å². The first kappa shape index (κ1) is 18.0. The molecule has 0 saturated carbocycles. The van der Waals surface area contributed by atoms with Gasteiger partial charge in [0.1, 0.15) is 6.04 Å². The van der Waals surface area contributed by atoms with Crippen LogP contribution < -0.4 is 0 Å². The molecule has 3 unspecified atom stereocenters. The molecule has 0 aliphatic carbocycles. The van der Waals surface area contributed by atoms with E-state index >= 15 is 0 Å². The van der Waals surface area contributed by atoms with Crippen LogP contribution in [-0.4, -0.2) is 90.5 Å². The molecule has 3 aliphatic rings. The van der Waals surface area contributed by atoms with Crippen molar-refractivity contribution in [2.75, 3.05) is 52.9 Å². The molecule has 0 spiro atoms. The van der Waals surface area contributed by atoms with Crippen molar-refractivity contribution in [2.24, 2.45) is 11.8 Å². The minimum atomic E-state index is -0.165. The molecule has 0 aromatic heterocycles. The molecule has 0 bridgehead atoms. The Morgan fingerprint density at radius 3 is 2.60 bits per heavy atom. The van der Waals surface area contributed by atoms with Gasteiger partial charge in [0.05, 0.1) is 18.5 Å². The molecule has 1 amide bonds. The first-order valence-electron chi connectivity index (χ1n) is 9.31. The van der Waals surface area contributed by atoms with Crippen molar-refractivity contribution in [3.8, 4) is 12.3 Å². The van der Waals surface area contributed by atoms with Crippen molar-refractivity contribution in [2.45, 2.75) is 31.8 Å². The van der Waals surface area contributed by atoms with Crippen molar-refractivity contribution in [3.63, 3.8) is 0 Å². The van der Waals surface area contributed by atoms with E-state index in [2.05, 4.69) is 36.0 Å². The van der Waals surface area contributed by atoms with Crippen molar-refractivity contribution >= 4 is 5.91 Å². The van der Waals surface area contributed by atoms with Gasteiger partial charge in [-0.15, -0.1) is 0 Å². The number of piperidine rings is 1. The first-order valence-corrected chi connectivity index (χ1v) is 9.31. The summed E-state index contributed by atoms with van der Waals surface area (Å²) in [4.78, 5) is 21.1. The first-order chi connectivity index (χ1) is 12.0. The normalized spacial score (nSPS) is 32.6. The highest BCUT2D eigenvalue weighted by Crippen LogP contribution is 2.27. The maximum atomic E-state index is 12.9. The van der Waals surface area contributed by atoms with E-state index in [0.29, 0.717) is 18.5 Å². The summed E-state index contributed by atoms with van der Waals surface area (Å²) in [5, 5.41) is 18.2. The lowest BCUT2D eigenvalue weighted by atomic mass is 9.87. The molecular formula is C18H28N6O. The molecule has 3 saturated heterocycles. The molecule has 0 N–H and O–H groups in total. The van der Waals surface area contributed by atoms with E-state index in [9.17, 15) is 4.79 Å². The Morgan fingerprint density at radius 2 is 1.92 bits per heavy atom. The van der Waals surface area contributed by atoms with Crippen LogP contribution in [0.4, 0.5) is 0 Å². The van der Waals surface area contributed by atoms with Crippen LogP contribution in [-0.2, 0) is 4.79 Å². The Bertz CT molecular complexity index is 581. The van der Waals surface area contributed by atoms with E-state index in [0.717, 1.165) is 52.1 Å². The quantitative estimate of drug-likeness (QED) is 0.679. The van der Waals surface area contributed by atoms with E-state index in [4.69, 9.17) is 10.5 Å². The molecule has 3 aliphatic heterocycles. The second-order valence-electron chi connectivity index (χ2n) is 7.77. The highest BCUT2D eigenvalue weighted by atomic mass is 16.2. The molecule has 4 atom stereocenters. The third-order valence-electron chi connectivity index (χ3n) is 6.12. The summed E-state index contributed by atoms with van der Waals surface area (Å²) >= 11 is 0. The Kier molecular flexibility index (Phi) is 5.46. The molecule has 25 heavy (non-hydrogen) atoms. The second-order valence-corrected chi connectivity index (χ2v) is 7.77. The summed E-state index contributed by atoms with van der Waals surface area (Å²) in [6, 6.07) is 2.64. The summed E-state index contributed by atoms with van der Waals surface area (Å²) in [7, 11) is 2.09. The highest BCUT2D eigenvalue weighted by Gasteiger charge is 2.40. The number of nitrogens with zero attached hydrogens (tertiary/aromatic N) is 6. The number of fused-ring (bicyclic) bond motifs is 1. The van der Waals surface area contributed by atoms with Crippen LogP contribution in [0.15, 0.2) is 0 Å². The predicted octanol–water partition coefficient (Wildman–Crippen LogP) is 0.166. The summed E-state index contributed by atoms with van der Waals surface area (Å²) < 4.78 is 0. The average Bonchev–Trinajstić information content (AvgIpc) is 2.63. The zero-order valence-corrected chi connectivity index (χ0v) is 15.3. The molecule has 3 rings (SSSR count). The summed E-state index contributed by atoms with van der Waals surface area (Å²) in [5.41, 5.74) is 0. The van der Waals surface area contributed by atoms with E-state index < -0.39 is 0 Å². The lowest BCUT2D eigenvalue weighted by molar-refractivity contribution is -0.145. The van der Waals surface area contributed by atoms with Gasteiger partial charge in [-0.3, -0.25) is 9.69 Å². The molecule has 7 heteroatoms. The van der Waals surface area contributed by atoms with Gasteiger partial charge in [-0.05, 0) is 25.8 Å². The van der Waals surface area contributed by atoms with Crippen molar-refractivity contribution in [1.29, 1.82) is 10.5 Å². The highest BCUT2D eigenvalue weighted by molar-refractivity contribution is 5.83. The number of hydrogen-bond acceptors (Lipinski definition) is 6. The van der Waals surface area contributed by atoms with Gasteiger partial charge in [0.2, 0.25) is 5.91 Å². The van der Waals surface area contributed by atoms with Crippen LogP contribution in [0.3, 0.4) is 0 Å². The predicted molar refractivity (Wildman–Crippen MR) is 93.0 cm³/mol. The van der Waals surface area contributed by atoms with E-state index in [1.165, 1.54) is 0 Å². The topological polar surface area (TPSA) is 77.6 Å². The number of likely N-dealkylation sites (tertiary alicyclic amines) is 1. The van der Waals surface area contributed by atoms with Gasteiger partial charge in [0.15, 0.2) is 6.19 Å². The number of rotatable bonds is 3. The van der Waals surface area contributed by atoms with Gasteiger partial charge in [-0.25, -0.2) is 0 Å². The molecule has 7 nitrogen and oxygen atoms in total. The van der Waals surface area contributed by atoms with Crippen LogP contribution in [0.2, 0.25) is 0 Å². The Morgan fingerprint density at radius 1 is 1.16 bits per heavy atom. The molecule has 0 radical (unpaired) electrons. The Balaban J connectivity index is 1.58. The van der Waals surface area contributed by atoms with Crippen LogP contribution in [0.25, 0.3) is 0 Å². The smallest absolute Gasteiger partial charge is 0.241 e. The van der Waals surface area contributed by atoms with Crippen LogP contribution in [0.1, 0.15) is 19.8 Å². The third kappa shape index (κ3) is 3.73. The van der Waals surface area contributed by atoms with E-state index in [1.807, 2.05) is 4.90 Å². The number of carbonyl (C=O) groups is 1. The fourth-order valence-corrected chi connectivity index (χ4v) is 4.62. The van der Waals surface area contributed by atoms with E-state index in [-0.39, 0.29) is 17.9 Å². The van der Waals surface area contributed by atoms with Crippen molar-refractivity contribution in [3.05, 3.63) is 0 Å². The van der Waals surface area contributed by atoms with E-state index in [1.54, 1.807) is 4.90 Å². The van der Waals surface area contributed by atoms with Crippen molar-refractivity contribution < 1.29 is 4.79 Å². The summed E-state index contributed by atoms with van der Waals surface area (Å²) in [6.07, 6.45) is 4.16. The minimum absolute atomic E-state index is 0.137. The molecule has 0 aromatic carbocycles. The number of carbonyl (C=O) groups excluding carboxylic acids is 1. The lowest BCUT2D eigenvalue weighted by Crippen LogP contribution is -2.64. The minimum Gasteiger partial charge on any atom is -0.340 e. The fourth-order valence-electron chi connectivity index (χ4n) is 4.62. The molecule has 3 fully saturated rings. The number of amides is 1. The van der Waals surface area contributed by atoms with Crippen LogP contribution in [0.5, 0.6) is 0 Å². The SMILES string of the molecule is CC(CN1CCN2CCN(C#N)C[C@@H]2C1=O)C1CCC(C#N)CN1C. The number of nitriles is 2. The maximum absolute atomic E-state index is 12.9. The Hall–Kier alpha value is -1.83. The zero-order valence-electron chi connectivity index (χ0n) is 15.3. The maximum Gasteiger partial charge on any atom is 0.241 e. The lowest BCUT2D eigenvalue weighted by Gasteiger charge is -2.46. The van der Waals surface area contributed by atoms with Gasteiger partial charge < -0.3 is 14.7 Å². The average molecular weight is 344 g/mol. The van der Waals surface area contributed by atoms with Gasteiger partial charge >= 0.3 is 0 Å². The van der Waals surface area contributed by atoms with Gasteiger partial charge in [0, 0.05) is 45.3 Å². The largest absolute Gasteiger partial charge is 0.340 e. The fraction of sp³-hybridized carbons (Fsp3) is 0.833. The standard InChI is InChI=1S/C18H28N6O/c1-14(16-4-3-15(9-19)11-21(16)2)10-24-8-7-23-6-5-22(13-20)12-17(23)18(24)25/h14-17H,3-8,10-12H2,1-2H3/t14?,15?,16?,17-/m1/s1. The molecule has 3 heterocycles. The third-order valence-corrected chi connectivity index (χ3v) is 6.12. The molecule has 0 aromatic rings. The van der Waals surface area contributed by atoms with Gasteiger partial charge in [0.25, 0.3) is 0 Å².